The Hall–Kier alpha value is -3.98. The SMILES string of the molecule is c1ccc2c(c1)C1c3ccccc3C2[C@H]2[C@@H]1[C@@H]1O[C@@H]2c2cc3c(cc21)[C@@H]1O[C@@H]3[C@@H]2C3c4ccccc4C(c4ccccc43)[C@H]21. The lowest BCUT2D eigenvalue weighted by atomic mass is 9.49. The van der Waals surface area contributed by atoms with Crippen LogP contribution in [0.25, 0.3) is 0 Å². The van der Waals surface area contributed by atoms with E-state index < -0.39 is 0 Å². The Balaban J connectivity index is 0.979. The molecule has 5 aromatic carbocycles. The van der Waals surface area contributed by atoms with Gasteiger partial charge in [0.2, 0.25) is 0 Å². The summed E-state index contributed by atoms with van der Waals surface area (Å²) in [5.41, 5.74) is 18.2. The molecule has 0 aromatic heterocycles. The molecule has 5 aromatic rings. The first-order chi connectivity index (χ1) is 21.9. The third kappa shape index (κ3) is 2.25. The van der Waals surface area contributed by atoms with Crippen LogP contribution in [0.1, 0.15) is 115 Å². The molecule has 6 aliphatic carbocycles. The van der Waals surface area contributed by atoms with Crippen molar-refractivity contribution in [2.75, 3.05) is 0 Å². The lowest BCUT2D eigenvalue weighted by Crippen LogP contribution is -2.43. The Morgan fingerprint density at radius 1 is 0.273 bits per heavy atom. The first-order valence-corrected chi connectivity index (χ1v) is 16.7. The van der Waals surface area contributed by atoms with Crippen LogP contribution in [0.2, 0.25) is 0 Å². The lowest BCUT2D eigenvalue weighted by molar-refractivity contribution is 0.0494. The van der Waals surface area contributed by atoms with E-state index in [1.54, 1.807) is 0 Å². The monoisotopic (exact) mass is 566 g/mol. The minimum absolute atomic E-state index is 0.165. The highest BCUT2D eigenvalue weighted by Gasteiger charge is 2.66. The standard InChI is InChI=1S/C42H30O2/c1-2-10-20-19(9-1)31-21-11-3-4-12-22(21)32(20)36-35(31)39-27-17-29-30(18-28(27)40(36)43-39)42-38-34-25-15-7-5-13-23(25)33(37(38)41(29)44-42)24-14-6-8-16-26(24)34/h1-18,31-42H/t31?,32?,33?,34?,35-,36-,37-,38+,39+,40+,41-,42-/m1/s1. The summed E-state index contributed by atoms with van der Waals surface area (Å²) in [6.07, 6.45) is 0.662. The summed E-state index contributed by atoms with van der Waals surface area (Å²) in [4.78, 5) is 0. The van der Waals surface area contributed by atoms with Crippen molar-refractivity contribution in [3.63, 3.8) is 0 Å². The van der Waals surface area contributed by atoms with Crippen LogP contribution in [0.3, 0.4) is 0 Å². The summed E-state index contributed by atoms with van der Waals surface area (Å²) in [7, 11) is 0. The zero-order valence-corrected chi connectivity index (χ0v) is 24.1. The van der Waals surface area contributed by atoms with Gasteiger partial charge >= 0.3 is 0 Å². The van der Waals surface area contributed by atoms with Crippen molar-refractivity contribution in [2.45, 2.75) is 48.1 Å². The molecule has 0 radical (unpaired) electrons. The summed E-state index contributed by atoms with van der Waals surface area (Å²) in [5.74, 6) is 3.63. The molecule has 8 atom stereocenters. The number of rotatable bonds is 0. The van der Waals surface area contributed by atoms with Gasteiger partial charge in [-0.2, -0.15) is 0 Å². The molecule has 4 heterocycles. The molecule has 0 unspecified atom stereocenters. The maximum absolute atomic E-state index is 7.14. The summed E-state index contributed by atoms with van der Waals surface area (Å²) in [5, 5.41) is 0. The second kappa shape index (κ2) is 7.28. The minimum Gasteiger partial charge on any atom is -0.365 e. The van der Waals surface area contributed by atoms with E-state index in [0.29, 0.717) is 47.3 Å². The maximum atomic E-state index is 7.14. The molecule has 210 valence electrons. The molecule has 4 aliphatic heterocycles. The summed E-state index contributed by atoms with van der Waals surface area (Å²) < 4.78 is 14.3. The van der Waals surface area contributed by atoms with Crippen molar-refractivity contribution in [1.82, 2.24) is 0 Å². The number of ether oxygens (including phenoxy) is 2. The van der Waals surface area contributed by atoms with Crippen LogP contribution in [-0.4, -0.2) is 0 Å². The van der Waals surface area contributed by atoms with Crippen molar-refractivity contribution in [3.8, 4) is 0 Å². The molecule has 2 nitrogen and oxygen atoms in total. The Morgan fingerprint density at radius 3 is 0.682 bits per heavy atom. The molecule has 2 heteroatoms. The van der Waals surface area contributed by atoms with E-state index in [9.17, 15) is 0 Å². The van der Waals surface area contributed by atoms with E-state index in [2.05, 4.69) is 109 Å². The van der Waals surface area contributed by atoms with Crippen molar-refractivity contribution < 1.29 is 9.47 Å². The molecule has 0 saturated carbocycles. The van der Waals surface area contributed by atoms with Gasteiger partial charge in [-0.1, -0.05) is 97.1 Å². The van der Waals surface area contributed by atoms with Crippen LogP contribution < -0.4 is 0 Å². The normalized spacial score (nSPS) is 38.7. The van der Waals surface area contributed by atoms with Crippen LogP contribution in [0.4, 0.5) is 0 Å². The molecular formula is C42H30O2. The number of benzene rings is 5. The Labute approximate surface area is 256 Å². The predicted molar refractivity (Wildman–Crippen MR) is 167 cm³/mol. The molecule has 0 amide bonds. The average Bonchev–Trinajstić information content (AvgIpc) is 3.86. The van der Waals surface area contributed by atoms with Gasteiger partial charge in [-0.15, -0.1) is 0 Å². The van der Waals surface area contributed by atoms with Gasteiger partial charge in [-0.3, -0.25) is 0 Å². The van der Waals surface area contributed by atoms with Crippen LogP contribution in [0.5, 0.6) is 0 Å². The second-order valence-corrected chi connectivity index (χ2v) is 14.8. The highest BCUT2D eigenvalue weighted by molar-refractivity contribution is 5.63. The van der Waals surface area contributed by atoms with E-state index in [4.69, 9.17) is 9.47 Å². The fraction of sp³-hybridized carbons (Fsp3) is 0.286. The minimum atomic E-state index is 0.165. The molecule has 2 saturated heterocycles. The molecule has 2 fully saturated rings. The highest BCUT2D eigenvalue weighted by atomic mass is 16.5. The second-order valence-electron chi connectivity index (χ2n) is 14.8. The molecule has 0 spiro atoms. The van der Waals surface area contributed by atoms with Gasteiger partial charge < -0.3 is 9.47 Å². The zero-order valence-electron chi connectivity index (χ0n) is 24.1. The van der Waals surface area contributed by atoms with E-state index in [1.807, 2.05) is 0 Å². The third-order valence-corrected chi connectivity index (χ3v) is 13.6. The predicted octanol–water partition coefficient (Wildman–Crippen LogP) is 8.99. The lowest BCUT2D eigenvalue weighted by Gasteiger charge is -2.52. The third-order valence-electron chi connectivity index (χ3n) is 13.6. The maximum Gasteiger partial charge on any atom is 0.0878 e. The molecular weight excluding hydrogens is 536 g/mol. The van der Waals surface area contributed by atoms with Gasteiger partial charge in [-0.25, -0.2) is 0 Å². The zero-order chi connectivity index (χ0) is 28.0. The average molecular weight is 567 g/mol. The quantitative estimate of drug-likeness (QED) is 0.186. The van der Waals surface area contributed by atoms with E-state index in [0.717, 1.165) is 0 Å². The topological polar surface area (TPSA) is 18.5 Å². The first kappa shape index (κ1) is 22.5. The Kier molecular flexibility index (Phi) is 3.73. The van der Waals surface area contributed by atoms with Gasteiger partial charge in [0.05, 0.1) is 24.4 Å². The first-order valence-electron chi connectivity index (χ1n) is 16.7. The van der Waals surface area contributed by atoms with Gasteiger partial charge in [0.15, 0.2) is 0 Å². The molecule has 10 aliphatic rings. The smallest absolute Gasteiger partial charge is 0.0878 e. The molecule has 44 heavy (non-hydrogen) atoms. The van der Waals surface area contributed by atoms with E-state index in [-0.39, 0.29) is 24.4 Å². The fourth-order valence-corrected chi connectivity index (χ4v) is 12.5. The number of hydrogen-bond donors (Lipinski definition) is 0. The fourth-order valence-electron chi connectivity index (χ4n) is 12.5. The Bertz CT molecular complexity index is 1750. The molecule has 15 rings (SSSR count). The van der Waals surface area contributed by atoms with E-state index in [1.165, 1.54) is 66.8 Å². The van der Waals surface area contributed by atoms with Crippen molar-refractivity contribution in [3.05, 3.63) is 176 Å². The van der Waals surface area contributed by atoms with Gasteiger partial charge in [0, 0.05) is 47.3 Å². The van der Waals surface area contributed by atoms with Crippen LogP contribution in [0, 0.1) is 23.7 Å². The number of hydrogen-bond acceptors (Lipinski definition) is 2. The summed E-state index contributed by atoms with van der Waals surface area (Å²) >= 11 is 0. The largest absolute Gasteiger partial charge is 0.365 e. The van der Waals surface area contributed by atoms with Crippen molar-refractivity contribution in [1.29, 1.82) is 0 Å². The van der Waals surface area contributed by atoms with Crippen LogP contribution in [-0.2, 0) is 9.47 Å². The van der Waals surface area contributed by atoms with Crippen LogP contribution >= 0.6 is 0 Å². The highest BCUT2D eigenvalue weighted by Crippen LogP contribution is 2.75. The van der Waals surface area contributed by atoms with Gasteiger partial charge in [0.1, 0.15) is 0 Å². The molecule has 0 N–H and O–H groups in total. The molecule has 8 bridgehead atoms. The summed E-state index contributed by atoms with van der Waals surface area (Å²) in [6, 6.07) is 42.3. The Morgan fingerprint density at radius 2 is 0.477 bits per heavy atom. The van der Waals surface area contributed by atoms with Gasteiger partial charge in [-0.05, 0) is 78.9 Å². The van der Waals surface area contributed by atoms with Crippen LogP contribution in [0.15, 0.2) is 109 Å². The van der Waals surface area contributed by atoms with Crippen molar-refractivity contribution in [2.24, 2.45) is 23.7 Å². The van der Waals surface area contributed by atoms with E-state index >= 15 is 0 Å². The van der Waals surface area contributed by atoms with Gasteiger partial charge in [0.25, 0.3) is 0 Å². The summed E-state index contributed by atoms with van der Waals surface area (Å²) in [6.45, 7) is 0. The van der Waals surface area contributed by atoms with Crippen molar-refractivity contribution >= 4 is 0 Å². The number of fused-ring (bicyclic) bond motifs is 10.